The van der Waals surface area contributed by atoms with E-state index in [4.69, 9.17) is 0 Å². The summed E-state index contributed by atoms with van der Waals surface area (Å²) in [6, 6.07) is 4.45. The summed E-state index contributed by atoms with van der Waals surface area (Å²) in [6.07, 6.45) is 2.83. The Bertz CT molecular complexity index is 552. The van der Waals surface area contributed by atoms with Gasteiger partial charge in [0.2, 0.25) is 0 Å². The van der Waals surface area contributed by atoms with Crippen molar-refractivity contribution in [2.45, 2.75) is 12.5 Å². The van der Waals surface area contributed by atoms with E-state index in [1.807, 2.05) is 22.8 Å². The lowest BCUT2D eigenvalue weighted by Crippen LogP contribution is -2.50. The second-order valence-corrected chi connectivity index (χ2v) is 5.64. The minimum atomic E-state index is 0.486. The van der Waals surface area contributed by atoms with Gasteiger partial charge in [-0.3, -0.25) is 0 Å². The molecule has 0 aromatic carbocycles. The van der Waals surface area contributed by atoms with Crippen molar-refractivity contribution in [2.75, 3.05) is 26.7 Å². The molecule has 1 fully saturated rings. The third-order valence-corrected chi connectivity index (χ3v) is 3.87. The van der Waals surface area contributed by atoms with Crippen LogP contribution < -0.4 is 5.32 Å². The van der Waals surface area contributed by atoms with Crippen molar-refractivity contribution in [3.05, 3.63) is 28.6 Å². The van der Waals surface area contributed by atoms with Gasteiger partial charge in [0, 0.05) is 42.8 Å². The van der Waals surface area contributed by atoms with Crippen molar-refractivity contribution >= 4 is 21.6 Å². The summed E-state index contributed by atoms with van der Waals surface area (Å²) >= 11 is 3.44. The predicted octanol–water partition coefficient (Wildman–Crippen LogP) is 0.938. The standard InChI is InChI=1S/C12H16BrN5/c1-17-5-4-14-7-10(17)6-11-15-12-3-2-9(13)8-18(12)16-11/h2-3,8,10,14H,4-7H2,1H3. The monoisotopic (exact) mass is 309 g/mol. The molecule has 1 atom stereocenters. The molecule has 6 heteroatoms. The van der Waals surface area contributed by atoms with E-state index in [1.54, 1.807) is 0 Å². The number of pyridine rings is 1. The van der Waals surface area contributed by atoms with Gasteiger partial charge in [-0.1, -0.05) is 0 Å². The number of fused-ring (bicyclic) bond motifs is 1. The molecular formula is C12H16BrN5. The average molecular weight is 310 g/mol. The summed E-state index contributed by atoms with van der Waals surface area (Å²) in [4.78, 5) is 6.93. The molecule has 0 spiro atoms. The predicted molar refractivity (Wildman–Crippen MR) is 73.7 cm³/mol. The van der Waals surface area contributed by atoms with Crippen LogP contribution in [-0.4, -0.2) is 52.2 Å². The molecule has 0 amide bonds. The number of halogens is 1. The molecule has 1 aliphatic heterocycles. The van der Waals surface area contributed by atoms with Gasteiger partial charge in [-0.25, -0.2) is 9.50 Å². The maximum atomic E-state index is 4.56. The van der Waals surface area contributed by atoms with Gasteiger partial charge in [0.25, 0.3) is 0 Å². The van der Waals surface area contributed by atoms with Gasteiger partial charge in [-0.2, -0.15) is 5.10 Å². The van der Waals surface area contributed by atoms with Gasteiger partial charge in [0.05, 0.1) is 0 Å². The zero-order valence-electron chi connectivity index (χ0n) is 10.3. The smallest absolute Gasteiger partial charge is 0.155 e. The van der Waals surface area contributed by atoms with E-state index in [0.717, 1.165) is 42.0 Å². The quantitative estimate of drug-likeness (QED) is 0.897. The molecule has 18 heavy (non-hydrogen) atoms. The number of nitrogens with zero attached hydrogens (tertiary/aromatic N) is 4. The molecule has 2 aromatic heterocycles. The fraction of sp³-hybridized carbons (Fsp3) is 0.500. The van der Waals surface area contributed by atoms with Crippen molar-refractivity contribution in [3.8, 4) is 0 Å². The normalized spacial score (nSPS) is 21.6. The molecule has 1 saturated heterocycles. The van der Waals surface area contributed by atoms with Gasteiger partial charge in [-0.15, -0.1) is 0 Å². The largest absolute Gasteiger partial charge is 0.314 e. The van der Waals surface area contributed by atoms with Crippen LogP contribution in [0.4, 0.5) is 0 Å². The van der Waals surface area contributed by atoms with Crippen LogP contribution in [0.3, 0.4) is 0 Å². The van der Waals surface area contributed by atoms with E-state index < -0.39 is 0 Å². The number of rotatable bonds is 2. The zero-order valence-corrected chi connectivity index (χ0v) is 11.9. The van der Waals surface area contributed by atoms with E-state index in [-0.39, 0.29) is 0 Å². The molecular weight excluding hydrogens is 294 g/mol. The van der Waals surface area contributed by atoms with Gasteiger partial charge in [0.15, 0.2) is 11.5 Å². The first-order valence-electron chi connectivity index (χ1n) is 6.14. The minimum Gasteiger partial charge on any atom is -0.314 e. The van der Waals surface area contributed by atoms with E-state index in [0.29, 0.717) is 6.04 Å². The van der Waals surface area contributed by atoms with E-state index in [9.17, 15) is 0 Å². The molecule has 1 unspecified atom stereocenters. The summed E-state index contributed by atoms with van der Waals surface area (Å²) in [5.41, 5.74) is 0.902. The fourth-order valence-corrected chi connectivity index (χ4v) is 2.62. The van der Waals surface area contributed by atoms with Crippen molar-refractivity contribution < 1.29 is 0 Å². The maximum Gasteiger partial charge on any atom is 0.155 e. The van der Waals surface area contributed by atoms with Crippen molar-refractivity contribution in [1.82, 2.24) is 24.8 Å². The first-order valence-corrected chi connectivity index (χ1v) is 6.93. The first kappa shape index (κ1) is 12.1. The SMILES string of the molecule is CN1CCNCC1Cc1nc2ccc(Br)cn2n1. The summed E-state index contributed by atoms with van der Waals surface area (Å²) in [7, 11) is 2.16. The third-order valence-electron chi connectivity index (χ3n) is 3.40. The van der Waals surface area contributed by atoms with Crippen molar-refractivity contribution in [1.29, 1.82) is 0 Å². The molecule has 2 aromatic rings. The van der Waals surface area contributed by atoms with Gasteiger partial charge < -0.3 is 10.2 Å². The second kappa shape index (κ2) is 4.95. The Morgan fingerprint density at radius 1 is 1.50 bits per heavy atom. The molecule has 0 bridgehead atoms. The number of nitrogens with one attached hydrogen (secondary N) is 1. The van der Waals surface area contributed by atoms with Crippen LogP contribution in [0.25, 0.3) is 5.65 Å². The molecule has 3 heterocycles. The van der Waals surface area contributed by atoms with Gasteiger partial charge in [-0.05, 0) is 35.1 Å². The highest BCUT2D eigenvalue weighted by Crippen LogP contribution is 2.12. The van der Waals surface area contributed by atoms with Crippen LogP contribution in [0, 0.1) is 0 Å². The van der Waals surface area contributed by atoms with Crippen LogP contribution in [0.5, 0.6) is 0 Å². The number of aromatic nitrogens is 3. The van der Waals surface area contributed by atoms with Gasteiger partial charge in [0.1, 0.15) is 0 Å². The van der Waals surface area contributed by atoms with E-state index in [1.165, 1.54) is 0 Å². The fourth-order valence-electron chi connectivity index (χ4n) is 2.29. The Labute approximate surface area is 114 Å². The first-order chi connectivity index (χ1) is 8.72. The summed E-state index contributed by atoms with van der Waals surface area (Å²) in [6.45, 7) is 3.16. The van der Waals surface area contributed by atoms with Crippen LogP contribution in [-0.2, 0) is 6.42 Å². The second-order valence-electron chi connectivity index (χ2n) is 4.72. The summed E-state index contributed by atoms with van der Waals surface area (Å²) in [5.74, 6) is 0.911. The molecule has 0 radical (unpaired) electrons. The number of piperazine rings is 1. The molecule has 1 N–H and O–H groups in total. The maximum absolute atomic E-state index is 4.56. The Morgan fingerprint density at radius 2 is 2.39 bits per heavy atom. The lowest BCUT2D eigenvalue weighted by Gasteiger charge is -2.32. The summed E-state index contributed by atoms with van der Waals surface area (Å²) in [5, 5.41) is 7.94. The minimum absolute atomic E-state index is 0.486. The van der Waals surface area contributed by atoms with E-state index >= 15 is 0 Å². The Morgan fingerprint density at radius 3 is 3.22 bits per heavy atom. The zero-order chi connectivity index (χ0) is 12.5. The molecule has 96 valence electrons. The van der Waals surface area contributed by atoms with Crippen molar-refractivity contribution in [2.24, 2.45) is 0 Å². The highest BCUT2D eigenvalue weighted by Gasteiger charge is 2.20. The Kier molecular flexibility index (Phi) is 3.32. The van der Waals surface area contributed by atoms with Gasteiger partial charge >= 0.3 is 0 Å². The molecule has 3 rings (SSSR count). The lowest BCUT2D eigenvalue weighted by molar-refractivity contribution is 0.197. The molecule has 5 nitrogen and oxygen atoms in total. The molecule has 0 aliphatic carbocycles. The van der Waals surface area contributed by atoms with Crippen LogP contribution in [0.15, 0.2) is 22.8 Å². The molecule has 1 aliphatic rings. The number of hydrogen-bond donors (Lipinski definition) is 1. The lowest BCUT2D eigenvalue weighted by atomic mass is 10.1. The number of likely N-dealkylation sites (N-methyl/N-ethyl adjacent to an activating group) is 1. The molecule has 0 saturated carbocycles. The van der Waals surface area contributed by atoms with Crippen molar-refractivity contribution in [3.63, 3.8) is 0 Å². The van der Waals surface area contributed by atoms with Crippen LogP contribution in [0.1, 0.15) is 5.82 Å². The Balaban J connectivity index is 1.81. The highest BCUT2D eigenvalue weighted by atomic mass is 79.9. The highest BCUT2D eigenvalue weighted by molar-refractivity contribution is 9.10. The van der Waals surface area contributed by atoms with Crippen LogP contribution >= 0.6 is 15.9 Å². The van der Waals surface area contributed by atoms with E-state index in [2.05, 4.69) is 43.3 Å². The third kappa shape index (κ3) is 2.41. The summed E-state index contributed by atoms with van der Waals surface area (Å²) < 4.78 is 2.85. The topological polar surface area (TPSA) is 45.5 Å². The van der Waals surface area contributed by atoms with Crippen LogP contribution in [0.2, 0.25) is 0 Å². The average Bonchev–Trinajstić information content (AvgIpc) is 2.73. The number of hydrogen-bond acceptors (Lipinski definition) is 4. The Hall–Kier alpha value is -0.980.